The Morgan fingerprint density at radius 3 is 2.83 bits per heavy atom. The molecule has 0 saturated heterocycles. The number of hydrogen-bond acceptors (Lipinski definition) is 3. The van der Waals surface area contributed by atoms with Gasteiger partial charge in [0, 0.05) is 4.47 Å². The highest BCUT2D eigenvalue weighted by Crippen LogP contribution is 2.53. The highest BCUT2D eigenvalue weighted by atomic mass is 79.9. The van der Waals surface area contributed by atoms with E-state index < -0.39 is 11.6 Å². The number of hydrogen-bond donors (Lipinski definition) is 1. The van der Waals surface area contributed by atoms with Gasteiger partial charge in [-0.2, -0.15) is 0 Å². The predicted molar refractivity (Wildman–Crippen MR) is 96.9 cm³/mol. The molecule has 1 aliphatic heterocycles. The van der Waals surface area contributed by atoms with E-state index in [0.717, 1.165) is 35.2 Å². The smallest absolute Gasteiger partial charge is 0.343 e. The number of carbonyl (C=O) groups is 1. The third-order valence-corrected chi connectivity index (χ3v) is 7.22. The number of aliphatic hydroxyl groups is 1. The lowest BCUT2D eigenvalue weighted by Gasteiger charge is -2.38. The summed E-state index contributed by atoms with van der Waals surface area (Å²) in [6.45, 7) is 1.91. The van der Waals surface area contributed by atoms with Gasteiger partial charge in [-0.25, -0.2) is 4.79 Å². The van der Waals surface area contributed by atoms with Crippen molar-refractivity contribution in [2.45, 2.75) is 51.0 Å². The van der Waals surface area contributed by atoms with Gasteiger partial charge >= 0.3 is 5.97 Å². The molecule has 128 valence electrons. The maximum Gasteiger partial charge on any atom is 0.343 e. The lowest BCUT2D eigenvalue weighted by Crippen LogP contribution is -2.40. The van der Waals surface area contributed by atoms with Crippen molar-refractivity contribution in [2.24, 2.45) is 11.8 Å². The Morgan fingerprint density at radius 1 is 1.29 bits per heavy atom. The molecule has 1 aromatic carbocycles. The molecule has 0 amide bonds. The topological polar surface area (TPSA) is 46.5 Å². The van der Waals surface area contributed by atoms with Crippen LogP contribution in [0, 0.1) is 18.8 Å². The fraction of sp³-hybridized carbons (Fsp3) is 0.526. The van der Waals surface area contributed by atoms with Crippen molar-refractivity contribution in [2.75, 3.05) is 0 Å². The molecule has 0 radical (unpaired) electrons. The van der Waals surface area contributed by atoms with Crippen LogP contribution >= 0.6 is 27.5 Å². The Bertz CT molecular complexity index is 757. The van der Waals surface area contributed by atoms with E-state index >= 15 is 0 Å². The first-order valence-corrected chi connectivity index (χ1v) is 9.71. The summed E-state index contributed by atoms with van der Waals surface area (Å²) in [6, 6.07) is 3.60. The summed E-state index contributed by atoms with van der Waals surface area (Å²) in [6.07, 6.45) is 6.19. The van der Waals surface area contributed by atoms with Crippen LogP contribution in [0.4, 0.5) is 0 Å². The minimum atomic E-state index is -0.816. The van der Waals surface area contributed by atoms with Crippen LogP contribution in [0.5, 0.6) is 0 Å². The number of carbonyl (C=O) groups excluding carboxylic acids is 1. The molecule has 1 N–H and O–H groups in total. The zero-order chi connectivity index (χ0) is 17.1. The van der Waals surface area contributed by atoms with Crippen molar-refractivity contribution in [3.05, 3.63) is 38.5 Å². The molecule has 1 heterocycles. The van der Waals surface area contributed by atoms with Gasteiger partial charge in [0.15, 0.2) is 11.4 Å². The molecule has 0 unspecified atom stereocenters. The number of ether oxygens (including phenoxy) is 1. The van der Waals surface area contributed by atoms with Crippen molar-refractivity contribution in [3.63, 3.8) is 0 Å². The molecular formula is C19H20BrClO3. The van der Waals surface area contributed by atoms with Gasteiger partial charge in [0.1, 0.15) is 5.57 Å². The molecule has 5 heteroatoms. The number of benzene rings is 1. The van der Waals surface area contributed by atoms with E-state index in [4.69, 9.17) is 16.3 Å². The third-order valence-electron chi connectivity index (χ3n) is 6.02. The first-order valence-electron chi connectivity index (χ1n) is 8.54. The van der Waals surface area contributed by atoms with Crippen LogP contribution in [-0.4, -0.2) is 16.7 Å². The van der Waals surface area contributed by atoms with E-state index in [2.05, 4.69) is 15.9 Å². The molecule has 3 nitrogen and oxygen atoms in total. The molecule has 2 fully saturated rings. The van der Waals surface area contributed by atoms with E-state index in [1.54, 1.807) is 6.07 Å². The number of halogens is 2. The Kier molecular flexibility index (Phi) is 3.96. The summed E-state index contributed by atoms with van der Waals surface area (Å²) < 4.78 is 6.56. The molecule has 1 aromatic rings. The van der Waals surface area contributed by atoms with Gasteiger partial charge in [-0.3, -0.25) is 0 Å². The fourth-order valence-corrected chi connectivity index (χ4v) is 5.39. The van der Waals surface area contributed by atoms with Crippen LogP contribution in [0.1, 0.15) is 49.7 Å². The SMILES string of the molecule is Cc1cc(Br)c(Cl)cc1C1=C(O)[C@@]2(CC[C@H]3CCC[C@H]3C2)OC1=O. The summed E-state index contributed by atoms with van der Waals surface area (Å²) in [5.74, 6) is 0.975. The van der Waals surface area contributed by atoms with Crippen molar-refractivity contribution in [1.29, 1.82) is 0 Å². The van der Waals surface area contributed by atoms with Crippen LogP contribution in [0.2, 0.25) is 5.02 Å². The van der Waals surface area contributed by atoms with Crippen LogP contribution < -0.4 is 0 Å². The van der Waals surface area contributed by atoms with Crippen LogP contribution in [0.25, 0.3) is 5.57 Å². The Labute approximate surface area is 155 Å². The van der Waals surface area contributed by atoms with Crippen LogP contribution in [-0.2, 0) is 9.53 Å². The van der Waals surface area contributed by atoms with Crippen molar-refractivity contribution in [1.82, 2.24) is 0 Å². The standard InChI is InChI=1S/C19H20BrClO3/c1-10-7-14(20)15(21)8-13(10)16-17(22)19(24-18(16)23)6-5-11-3-2-4-12(11)9-19/h7-8,11-12,22H,2-6,9H2,1H3/t11-,12+,19+/m1/s1. The first kappa shape index (κ1) is 16.5. The number of aryl methyl sites for hydroxylation is 1. The normalized spacial score (nSPS) is 32.4. The minimum absolute atomic E-state index is 0.110. The molecule has 0 aromatic heterocycles. The quantitative estimate of drug-likeness (QED) is 0.614. The molecule has 2 saturated carbocycles. The molecule has 24 heavy (non-hydrogen) atoms. The predicted octanol–water partition coefficient (Wildman–Crippen LogP) is 5.58. The lowest BCUT2D eigenvalue weighted by molar-refractivity contribution is -0.152. The van der Waals surface area contributed by atoms with Crippen molar-refractivity contribution < 1.29 is 14.6 Å². The molecule has 0 bridgehead atoms. The second-order valence-electron chi connectivity index (χ2n) is 7.38. The van der Waals surface area contributed by atoms with Gasteiger partial charge in [0.2, 0.25) is 0 Å². The first-order chi connectivity index (χ1) is 11.4. The van der Waals surface area contributed by atoms with Gasteiger partial charge in [0.05, 0.1) is 5.02 Å². The lowest BCUT2D eigenvalue weighted by atomic mass is 9.72. The average Bonchev–Trinajstić information content (AvgIpc) is 3.07. The summed E-state index contributed by atoms with van der Waals surface area (Å²) in [7, 11) is 0. The Hall–Kier alpha value is -1.00. The summed E-state index contributed by atoms with van der Waals surface area (Å²) in [4.78, 5) is 12.6. The second kappa shape index (κ2) is 5.77. The van der Waals surface area contributed by atoms with Crippen LogP contribution in [0.3, 0.4) is 0 Å². The van der Waals surface area contributed by atoms with E-state index in [9.17, 15) is 9.90 Å². The van der Waals surface area contributed by atoms with Gasteiger partial charge in [-0.05, 0) is 77.2 Å². The second-order valence-corrected chi connectivity index (χ2v) is 8.64. The third kappa shape index (κ3) is 2.41. The van der Waals surface area contributed by atoms with E-state index in [1.807, 2.05) is 13.0 Å². The van der Waals surface area contributed by atoms with Gasteiger partial charge < -0.3 is 9.84 Å². The van der Waals surface area contributed by atoms with Gasteiger partial charge in [-0.1, -0.05) is 30.9 Å². The Balaban J connectivity index is 1.77. The van der Waals surface area contributed by atoms with Gasteiger partial charge in [0.25, 0.3) is 0 Å². The fourth-order valence-electron chi connectivity index (χ4n) is 4.77. The maximum atomic E-state index is 12.6. The van der Waals surface area contributed by atoms with Gasteiger partial charge in [-0.15, -0.1) is 0 Å². The monoisotopic (exact) mass is 410 g/mol. The molecule has 3 aliphatic rings. The highest BCUT2D eigenvalue weighted by Gasteiger charge is 2.53. The highest BCUT2D eigenvalue weighted by molar-refractivity contribution is 9.10. The molecule has 1 spiro atoms. The number of rotatable bonds is 1. The minimum Gasteiger partial charge on any atom is -0.507 e. The van der Waals surface area contributed by atoms with E-state index in [1.165, 1.54) is 19.3 Å². The van der Waals surface area contributed by atoms with Crippen molar-refractivity contribution in [3.8, 4) is 0 Å². The number of aliphatic hydroxyl groups excluding tert-OH is 1. The number of esters is 1. The Morgan fingerprint density at radius 2 is 2.04 bits per heavy atom. The zero-order valence-corrected chi connectivity index (χ0v) is 15.9. The zero-order valence-electron chi connectivity index (χ0n) is 13.6. The van der Waals surface area contributed by atoms with Crippen LogP contribution in [0.15, 0.2) is 22.4 Å². The molecule has 4 rings (SSSR count). The summed E-state index contributed by atoms with van der Waals surface area (Å²) >= 11 is 9.60. The molecule has 2 aliphatic carbocycles. The summed E-state index contributed by atoms with van der Waals surface area (Å²) in [5.41, 5.74) is 1.02. The number of fused-ring (bicyclic) bond motifs is 1. The van der Waals surface area contributed by atoms with E-state index in [0.29, 0.717) is 22.1 Å². The molecule has 3 atom stereocenters. The van der Waals surface area contributed by atoms with E-state index in [-0.39, 0.29) is 5.76 Å². The van der Waals surface area contributed by atoms with Crippen molar-refractivity contribution >= 4 is 39.1 Å². The summed E-state index contributed by atoms with van der Waals surface area (Å²) in [5, 5.41) is 11.5. The average molecular weight is 412 g/mol. The maximum absolute atomic E-state index is 12.6. The molecular weight excluding hydrogens is 392 g/mol. The largest absolute Gasteiger partial charge is 0.507 e.